The molecule has 1 heterocycles. The molecule has 2 aromatic carbocycles. The predicted molar refractivity (Wildman–Crippen MR) is 137 cm³/mol. The molecule has 1 spiro atoms. The summed E-state index contributed by atoms with van der Waals surface area (Å²) in [4.78, 5) is 43.6. The predicted octanol–water partition coefficient (Wildman–Crippen LogP) is 1.17. The van der Waals surface area contributed by atoms with Crippen molar-refractivity contribution in [3.63, 3.8) is 0 Å². The smallest absolute Gasteiger partial charge is 0.550 e. The molecule has 2 aromatic rings. The molecular weight excluding hydrogens is 524 g/mol. The fraction of sp³-hybridized carbons (Fsp3) is 0.407. The van der Waals surface area contributed by atoms with Crippen molar-refractivity contribution < 1.29 is 49.0 Å². The number of carboxylic acid groups (broad SMARTS) is 1. The number of carbonyl (C=O) groups excluding carboxylic acids is 3. The molecule has 2 aliphatic rings. The van der Waals surface area contributed by atoms with E-state index >= 15 is 0 Å². The van der Waals surface area contributed by atoms with Crippen LogP contribution >= 0.6 is 23.2 Å². The molecule has 0 aromatic heterocycles. The second-order valence-corrected chi connectivity index (χ2v) is 10.5. The Balaban J connectivity index is 0.00000380. The van der Waals surface area contributed by atoms with Gasteiger partial charge in [0.25, 0.3) is 11.8 Å². The zero-order chi connectivity index (χ0) is 26.0. The van der Waals surface area contributed by atoms with Crippen LogP contribution in [0.4, 0.5) is 0 Å². The van der Waals surface area contributed by atoms with Crippen LogP contribution in [0.25, 0.3) is 0 Å². The molecule has 4 rings (SSSR count). The minimum absolute atomic E-state index is 0. The molecule has 1 aliphatic carbocycles. The fourth-order valence-corrected chi connectivity index (χ4v) is 5.57. The van der Waals surface area contributed by atoms with Gasteiger partial charge in [-0.05, 0) is 74.4 Å². The molecule has 1 N–H and O–H groups in total. The van der Waals surface area contributed by atoms with Gasteiger partial charge in [-0.15, -0.1) is 0 Å². The number of nitrogens with one attached hydrogen (secondary N) is 1. The van der Waals surface area contributed by atoms with Crippen molar-refractivity contribution in [2.45, 2.75) is 57.7 Å². The Hall–Kier alpha value is -1.90. The van der Waals surface area contributed by atoms with Crippen LogP contribution in [0.5, 0.6) is 0 Å². The van der Waals surface area contributed by atoms with E-state index in [1.807, 2.05) is 24.0 Å². The van der Waals surface area contributed by atoms with Gasteiger partial charge < -0.3 is 20.1 Å². The molecule has 7 nitrogen and oxygen atoms in total. The van der Waals surface area contributed by atoms with E-state index in [2.05, 4.69) is 12.2 Å². The number of hydrogen-bond acceptors (Lipinski definition) is 5. The van der Waals surface area contributed by atoms with Crippen molar-refractivity contribution in [1.29, 1.82) is 0 Å². The molecule has 0 saturated heterocycles. The Kier molecular flexibility index (Phi) is 9.86. The first-order valence-corrected chi connectivity index (χ1v) is 12.8. The van der Waals surface area contributed by atoms with Gasteiger partial charge in [-0.3, -0.25) is 14.6 Å². The van der Waals surface area contributed by atoms with E-state index in [9.17, 15) is 19.5 Å². The molecule has 1 saturated carbocycles. The van der Waals surface area contributed by atoms with Gasteiger partial charge in [-0.1, -0.05) is 42.3 Å². The molecule has 1 fully saturated rings. The number of aliphatic carboxylic acids is 1. The largest absolute Gasteiger partial charge is 1.00 e. The van der Waals surface area contributed by atoms with Gasteiger partial charge in [0, 0.05) is 40.1 Å². The second kappa shape index (κ2) is 12.3. The molecule has 0 bridgehead atoms. The summed E-state index contributed by atoms with van der Waals surface area (Å²) >= 11 is 12.5. The van der Waals surface area contributed by atoms with Gasteiger partial charge in [0.15, 0.2) is 0 Å². The average molecular weight is 552 g/mol. The van der Waals surface area contributed by atoms with Crippen LogP contribution < -0.4 is 40.0 Å². The SMILES string of the molecule is CC1CCC2(CC1)N=C(c1cc(Cl)cc(Cl)c1)C(=O)N2[C@H](C)c1ccc(C(=O)NCCC(=O)[O-])cc1.[Na+]. The fourth-order valence-electron chi connectivity index (χ4n) is 5.05. The van der Waals surface area contributed by atoms with Crippen LogP contribution in [0.1, 0.15) is 73.5 Å². The van der Waals surface area contributed by atoms with E-state index in [1.165, 1.54) is 0 Å². The summed E-state index contributed by atoms with van der Waals surface area (Å²) in [5.41, 5.74) is 1.60. The Morgan fingerprint density at radius 3 is 2.30 bits per heavy atom. The summed E-state index contributed by atoms with van der Waals surface area (Å²) in [6, 6.07) is 11.7. The normalized spacial score (nSPS) is 21.8. The number of carbonyl (C=O) groups is 3. The summed E-state index contributed by atoms with van der Waals surface area (Å²) in [6.45, 7) is 4.18. The molecule has 190 valence electrons. The summed E-state index contributed by atoms with van der Waals surface area (Å²) in [5, 5.41) is 14.0. The number of benzene rings is 2. The summed E-state index contributed by atoms with van der Waals surface area (Å²) < 4.78 is 0. The Morgan fingerprint density at radius 1 is 1.14 bits per heavy atom. The van der Waals surface area contributed by atoms with Crippen LogP contribution in [0.3, 0.4) is 0 Å². The van der Waals surface area contributed by atoms with Crippen LogP contribution in [0.2, 0.25) is 10.0 Å². The number of aliphatic imine (C=N–C) groups is 1. The van der Waals surface area contributed by atoms with Gasteiger partial charge in [0.1, 0.15) is 11.4 Å². The molecule has 10 heteroatoms. The zero-order valence-corrected chi connectivity index (χ0v) is 24.7. The maximum absolute atomic E-state index is 13.8. The maximum atomic E-state index is 13.8. The summed E-state index contributed by atoms with van der Waals surface area (Å²) in [5.74, 6) is -1.19. The van der Waals surface area contributed by atoms with Gasteiger partial charge in [0.2, 0.25) is 0 Å². The van der Waals surface area contributed by atoms with E-state index < -0.39 is 11.6 Å². The molecule has 1 aliphatic heterocycles. The van der Waals surface area contributed by atoms with Crippen molar-refractivity contribution in [1.82, 2.24) is 10.2 Å². The Labute approximate surface area is 248 Å². The minimum Gasteiger partial charge on any atom is -0.550 e. The van der Waals surface area contributed by atoms with E-state index in [0.29, 0.717) is 32.8 Å². The maximum Gasteiger partial charge on any atom is 1.00 e. The molecule has 37 heavy (non-hydrogen) atoms. The van der Waals surface area contributed by atoms with Crippen LogP contribution in [0.15, 0.2) is 47.5 Å². The third-order valence-electron chi connectivity index (χ3n) is 7.06. The van der Waals surface area contributed by atoms with Crippen LogP contribution in [-0.4, -0.2) is 40.6 Å². The number of carboxylic acids is 1. The van der Waals surface area contributed by atoms with Crippen LogP contribution in [-0.2, 0) is 9.59 Å². The van der Waals surface area contributed by atoms with Crippen molar-refractivity contribution in [3.05, 3.63) is 69.2 Å². The number of rotatable bonds is 7. The van der Waals surface area contributed by atoms with E-state index in [0.717, 1.165) is 31.2 Å². The monoisotopic (exact) mass is 551 g/mol. The zero-order valence-electron chi connectivity index (χ0n) is 21.2. The summed E-state index contributed by atoms with van der Waals surface area (Å²) in [6.07, 6.45) is 3.21. The molecular formula is C27H28Cl2N3NaO4. The van der Waals surface area contributed by atoms with Crippen LogP contribution in [0, 0.1) is 5.92 Å². The third-order valence-corrected chi connectivity index (χ3v) is 7.49. The average Bonchev–Trinajstić information content (AvgIpc) is 3.11. The van der Waals surface area contributed by atoms with E-state index in [-0.39, 0.29) is 60.4 Å². The summed E-state index contributed by atoms with van der Waals surface area (Å²) in [7, 11) is 0. The van der Waals surface area contributed by atoms with Gasteiger partial charge in [-0.2, -0.15) is 0 Å². The standard InChI is InChI=1S/C27H29Cl2N3O4.Na/c1-16-7-10-27(11-8-16)31-24(20-13-21(28)15-22(29)14-20)26(36)32(27)17(2)18-3-5-19(6-4-18)25(35)30-12-9-23(33)34;/h3-6,13-17H,7-12H2,1-2H3,(H,30,35)(H,33,34);/q;+1/p-1/t16?,17-,27?;/m1./s1. The first-order chi connectivity index (χ1) is 17.1. The van der Waals surface area contributed by atoms with Gasteiger partial charge >= 0.3 is 29.6 Å². The first-order valence-electron chi connectivity index (χ1n) is 12.1. The van der Waals surface area contributed by atoms with Crippen molar-refractivity contribution in [3.8, 4) is 0 Å². The third kappa shape index (κ3) is 6.58. The number of hydrogen-bond donors (Lipinski definition) is 1. The number of amides is 2. The topological polar surface area (TPSA) is 102 Å². The van der Waals surface area contributed by atoms with Gasteiger partial charge in [-0.25, -0.2) is 0 Å². The van der Waals surface area contributed by atoms with Crippen molar-refractivity contribution in [2.24, 2.45) is 10.9 Å². The number of nitrogens with zero attached hydrogens (tertiary/aromatic N) is 2. The Morgan fingerprint density at radius 2 is 1.73 bits per heavy atom. The molecule has 0 radical (unpaired) electrons. The van der Waals surface area contributed by atoms with E-state index in [4.69, 9.17) is 28.2 Å². The molecule has 2 amide bonds. The molecule has 1 atom stereocenters. The van der Waals surface area contributed by atoms with Crippen molar-refractivity contribution in [2.75, 3.05) is 6.54 Å². The van der Waals surface area contributed by atoms with Gasteiger partial charge in [0.05, 0.1) is 6.04 Å². The van der Waals surface area contributed by atoms with Crippen molar-refractivity contribution >= 4 is 46.7 Å². The number of halogens is 2. The molecule has 0 unspecified atom stereocenters. The first kappa shape index (κ1) is 29.7. The minimum atomic E-state index is -1.22. The second-order valence-electron chi connectivity index (χ2n) is 9.63. The Bertz CT molecular complexity index is 1190. The quantitative estimate of drug-likeness (QED) is 0.522. The van der Waals surface area contributed by atoms with E-state index in [1.54, 1.807) is 30.3 Å².